The van der Waals surface area contributed by atoms with E-state index in [1.54, 1.807) is 7.11 Å². The third-order valence-electron chi connectivity index (χ3n) is 4.89. The maximum Gasteiger partial charge on any atom is 0.202 e. The molecule has 1 aromatic heterocycles. The zero-order valence-corrected chi connectivity index (χ0v) is 14.9. The summed E-state index contributed by atoms with van der Waals surface area (Å²) in [4.78, 5) is 7.21. The Balaban J connectivity index is 1.48. The van der Waals surface area contributed by atoms with Crippen LogP contribution in [0, 0.1) is 0 Å². The molecule has 0 bridgehead atoms. The van der Waals surface area contributed by atoms with Crippen molar-refractivity contribution in [2.45, 2.75) is 37.6 Å². The van der Waals surface area contributed by atoms with Gasteiger partial charge in [-0.2, -0.15) is 4.37 Å². The van der Waals surface area contributed by atoms with Crippen LogP contribution in [-0.4, -0.2) is 41.0 Å². The van der Waals surface area contributed by atoms with Gasteiger partial charge in [-0.3, -0.25) is 4.90 Å². The number of ether oxygens (including phenoxy) is 1. The molecule has 6 heteroatoms. The van der Waals surface area contributed by atoms with Gasteiger partial charge < -0.3 is 10.1 Å². The Morgan fingerprint density at radius 2 is 2.17 bits per heavy atom. The molecule has 2 fully saturated rings. The highest BCUT2D eigenvalue weighted by atomic mass is 32.1. The molecule has 5 nitrogen and oxygen atoms in total. The van der Waals surface area contributed by atoms with Gasteiger partial charge in [0.25, 0.3) is 0 Å². The van der Waals surface area contributed by atoms with Crippen molar-refractivity contribution in [3.63, 3.8) is 0 Å². The molecule has 0 radical (unpaired) electrons. The lowest BCUT2D eigenvalue weighted by molar-refractivity contribution is 0.255. The number of nitrogens with zero attached hydrogens (tertiary/aromatic N) is 3. The number of hydrogen-bond donors (Lipinski definition) is 1. The van der Waals surface area contributed by atoms with Crippen LogP contribution in [0.2, 0.25) is 0 Å². The quantitative estimate of drug-likeness (QED) is 0.830. The summed E-state index contributed by atoms with van der Waals surface area (Å²) in [5.41, 5.74) is 1.30. The number of likely N-dealkylation sites (tertiary alicyclic amines) is 1. The molecule has 2 aromatic rings. The Morgan fingerprint density at radius 1 is 1.33 bits per heavy atom. The second-order valence-electron chi connectivity index (χ2n) is 6.65. The smallest absolute Gasteiger partial charge is 0.202 e. The van der Waals surface area contributed by atoms with Gasteiger partial charge in [-0.05, 0) is 56.5 Å². The zero-order valence-electron chi connectivity index (χ0n) is 14.1. The maximum absolute atomic E-state index is 5.41. The van der Waals surface area contributed by atoms with E-state index in [0.29, 0.717) is 12.0 Å². The first-order chi connectivity index (χ1) is 11.8. The van der Waals surface area contributed by atoms with Crippen molar-refractivity contribution in [3.05, 3.63) is 35.7 Å². The van der Waals surface area contributed by atoms with E-state index in [-0.39, 0.29) is 0 Å². The molecule has 1 saturated heterocycles. The summed E-state index contributed by atoms with van der Waals surface area (Å²) in [7, 11) is 1.73. The van der Waals surface area contributed by atoms with E-state index in [2.05, 4.69) is 37.8 Å². The number of anilines is 1. The SMILES string of the molecule is COc1cccc(C(CNc2nc(C3CC3)ns2)N2CCCC2)c1. The van der Waals surface area contributed by atoms with Crippen LogP contribution < -0.4 is 10.1 Å². The predicted molar refractivity (Wildman–Crippen MR) is 96.9 cm³/mol. The van der Waals surface area contributed by atoms with Crippen molar-refractivity contribution >= 4 is 16.7 Å². The van der Waals surface area contributed by atoms with Gasteiger partial charge in [-0.1, -0.05) is 12.1 Å². The van der Waals surface area contributed by atoms with E-state index in [0.717, 1.165) is 36.3 Å². The third-order valence-corrected chi connectivity index (χ3v) is 5.58. The second kappa shape index (κ2) is 7.07. The highest BCUT2D eigenvalue weighted by molar-refractivity contribution is 7.09. The molecule has 1 N–H and O–H groups in total. The average molecular weight is 344 g/mol. The minimum Gasteiger partial charge on any atom is -0.497 e. The molecular formula is C18H24N4OS. The van der Waals surface area contributed by atoms with Crippen LogP contribution in [0.25, 0.3) is 0 Å². The largest absolute Gasteiger partial charge is 0.497 e. The fourth-order valence-electron chi connectivity index (χ4n) is 3.36. The summed E-state index contributed by atoms with van der Waals surface area (Å²) < 4.78 is 9.90. The van der Waals surface area contributed by atoms with E-state index >= 15 is 0 Å². The van der Waals surface area contributed by atoms with Crippen molar-refractivity contribution in [2.75, 3.05) is 32.1 Å². The van der Waals surface area contributed by atoms with Gasteiger partial charge in [0.15, 0.2) is 0 Å². The lowest BCUT2D eigenvalue weighted by atomic mass is 10.1. The number of methoxy groups -OCH3 is 1. The first-order valence-electron chi connectivity index (χ1n) is 8.79. The van der Waals surface area contributed by atoms with Gasteiger partial charge in [0.2, 0.25) is 5.13 Å². The average Bonchev–Trinajstić information content (AvgIpc) is 3.12. The number of benzene rings is 1. The normalized spacial score (nSPS) is 19.4. The first kappa shape index (κ1) is 15.8. The summed E-state index contributed by atoms with van der Waals surface area (Å²) in [6.07, 6.45) is 5.06. The highest BCUT2D eigenvalue weighted by Crippen LogP contribution is 2.39. The summed E-state index contributed by atoms with van der Waals surface area (Å²) >= 11 is 1.49. The highest BCUT2D eigenvalue weighted by Gasteiger charge is 2.28. The summed E-state index contributed by atoms with van der Waals surface area (Å²) in [6.45, 7) is 3.17. The molecule has 24 heavy (non-hydrogen) atoms. The number of rotatable bonds is 7. The van der Waals surface area contributed by atoms with Crippen molar-refractivity contribution in [1.29, 1.82) is 0 Å². The Kier molecular flexibility index (Phi) is 4.67. The molecule has 2 aliphatic rings. The molecule has 128 valence electrons. The molecule has 1 unspecified atom stereocenters. The third kappa shape index (κ3) is 3.54. The van der Waals surface area contributed by atoms with Crippen LogP contribution in [0.3, 0.4) is 0 Å². The number of aromatic nitrogens is 2. The Labute approximate surface area is 147 Å². The van der Waals surface area contributed by atoms with Crippen LogP contribution >= 0.6 is 11.5 Å². The van der Waals surface area contributed by atoms with Crippen molar-refractivity contribution in [2.24, 2.45) is 0 Å². The maximum atomic E-state index is 5.41. The van der Waals surface area contributed by atoms with Crippen molar-refractivity contribution in [1.82, 2.24) is 14.3 Å². The lowest BCUT2D eigenvalue weighted by Crippen LogP contribution is -2.31. The fourth-order valence-corrected chi connectivity index (χ4v) is 4.01. The number of hydrogen-bond acceptors (Lipinski definition) is 6. The minimum atomic E-state index is 0.343. The van der Waals surface area contributed by atoms with Gasteiger partial charge in [-0.25, -0.2) is 4.98 Å². The summed E-state index contributed by atoms with van der Waals surface area (Å²) in [5, 5.41) is 4.47. The molecule has 0 spiro atoms. The fraction of sp³-hybridized carbons (Fsp3) is 0.556. The monoisotopic (exact) mass is 344 g/mol. The summed E-state index contributed by atoms with van der Waals surface area (Å²) in [6, 6.07) is 8.78. The van der Waals surface area contributed by atoms with Gasteiger partial charge in [-0.15, -0.1) is 0 Å². The number of nitrogens with one attached hydrogen (secondary N) is 1. The molecule has 4 rings (SSSR count). The predicted octanol–water partition coefficient (Wildman–Crippen LogP) is 3.67. The van der Waals surface area contributed by atoms with E-state index in [1.807, 2.05) is 6.07 Å². The zero-order chi connectivity index (χ0) is 16.4. The van der Waals surface area contributed by atoms with E-state index in [4.69, 9.17) is 4.74 Å². The van der Waals surface area contributed by atoms with E-state index in [1.165, 1.54) is 42.8 Å². The lowest BCUT2D eigenvalue weighted by Gasteiger charge is -2.28. The first-order valence-corrected chi connectivity index (χ1v) is 9.56. The van der Waals surface area contributed by atoms with Crippen LogP contribution in [0.4, 0.5) is 5.13 Å². The van der Waals surface area contributed by atoms with E-state index < -0.39 is 0 Å². The molecule has 2 heterocycles. The molecular weight excluding hydrogens is 320 g/mol. The van der Waals surface area contributed by atoms with Crippen molar-refractivity contribution in [3.8, 4) is 5.75 Å². The second-order valence-corrected chi connectivity index (χ2v) is 7.40. The van der Waals surface area contributed by atoms with Crippen molar-refractivity contribution < 1.29 is 4.74 Å². The molecule has 1 atom stereocenters. The molecule has 0 amide bonds. The minimum absolute atomic E-state index is 0.343. The molecule has 1 saturated carbocycles. The molecule has 1 aliphatic heterocycles. The molecule has 1 aliphatic carbocycles. The van der Waals surface area contributed by atoms with Gasteiger partial charge >= 0.3 is 0 Å². The molecule has 1 aromatic carbocycles. The van der Waals surface area contributed by atoms with E-state index in [9.17, 15) is 0 Å². The summed E-state index contributed by atoms with van der Waals surface area (Å²) in [5.74, 6) is 2.56. The van der Waals surface area contributed by atoms with Crippen LogP contribution in [0.5, 0.6) is 5.75 Å². The van der Waals surface area contributed by atoms with Gasteiger partial charge in [0, 0.05) is 24.0 Å². The van der Waals surface area contributed by atoms with Crippen LogP contribution in [0.15, 0.2) is 24.3 Å². The Morgan fingerprint density at radius 3 is 2.92 bits per heavy atom. The van der Waals surface area contributed by atoms with Crippen LogP contribution in [-0.2, 0) is 0 Å². The van der Waals surface area contributed by atoms with Crippen LogP contribution in [0.1, 0.15) is 49.0 Å². The van der Waals surface area contributed by atoms with Gasteiger partial charge in [0.1, 0.15) is 11.6 Å². The topological polar surface area (TPSA) is 50.3 Å². The standard InChI is InChI=1S/C18H24N4OS/c1-23-15-6-4-5-14(11-15)16(22-9-2-3-10-22)12-19-18-20-17(21-24-18)13-7-8-13/h4-6,11,13,16H,2-3,7-10,12H2,1H3,(H,19,20,21). The Hall–Kier alpha value is -1.66. The van der Waals surface area contributed by atoms with Gasteiger partial charge in [0.05, 0.1) is 13.2 Å². The Bertz CT molecular complexity index is 679.